The predicted molar refractivity (Wildman–Crippen MR) is 95.3 cm³/mol. The lowest BCUT2D eigenvalue weighted by molar-refractivity contribution is -0.123. The Morgan fingerprint density at radius 1 is 1.17 bits per heavy atom. The maximum absolute atomic E-state index is 12.3. The van der Waals surface area contributed by atoms with Crippen LogP contribution in [0, 0.1) is 0 Å². The van der Waals surface area contributed by atoms with Crippen LogP contribution in [0.25, 0.3) is 0 Å². The first kappa shape index (κ1) is 17.7. The second kappa shape index (κ2) is 8.81. The molecule has 6 heteroatoms. The van der Waals surface area contributed by atoms with Crippen molar-refractivity contribution >= 4 is 17.5 Å². The quantitative estimate of drug-likeness (QED) is 0.850. The summed E-state index contributed by atoms with van der Waals surface area (Å²) in [5, 5.41) is 3.89. The van der Waals surface area contributed by atoms with Gasteiger partial charge in [0.25, 0.3) is 0 Å². The smallest absolute Gasteiger partial charge is 0.234 e. The third-order valence-corrected chi connectivity index (χ3v) is 5.15. The fraction of sp³-hybridized carbons (Fsp3) is 0.611. The third-order valence-electron chi connectivity index (χ3n) is 4.81. The van der Waals surface area contributed by atoms with E-state index in [9.17, 15) is 4.79 Å². The van der Waals surface area contributed by atoms with Gasteiger partial charge in [0.05, 0.1) is 25.8 Å². The number of ether oxygens (including phenoxy) is 1. The fourth-order valence-corrected chi connectivity index (χ4v) is 3.72. The highest BCUT2D eigenvalue weighted by molar-refractivity contribution is 6.31. The molecule has 1 aromatic rings. The molecule has 5 nitrogen and oxygen atoms in total. The molecule has 1 atom stereocenters. The van der Waals surface area contributed by atoms with Crippen molar-refractivity contribution < 1.29 is 9.53 Å². The van der Waals surface area contributed by atoms with E-state index in [-0.39, 0.29) is 11.9 Å². The van der Waals surface area contributed by atoms with Crippen LogP contribution < -0.4 is 5.32 Å². The van der Waals surface area contributed by atoms with Gasteiger partial charge in [0.1, 0.15) is 0 Å². The molecule has 0 aliphatic carbocycles. The van der Waals surface area contributed by atoms with E-state index in [1.165, 1.54) is 12.8 Å². The van der Waals surface area contributed by atoms with E-state index in [4.69, 9.17) is 16.3 Å². The minimum Gasteiger partial charge on any atom is -0.379 e. The molecule has 1 aromatic carbocycles. The largest absolute Gasteiger partial charge is 0.379 e. The first-order valence-corrected chi connectivity index (χ1v) is 9.17. The van der Waals surface area contributed by atoms with Gasteiger partial charge in [-0.05, 0) is 37.6 Å². The van der Waals surface area contributed by atoms with E-state index in [1.54, 1.807) is 0 Å². The molecule has 132 valence electrons. The molecule has 1 N–H and O–H groups in total. The molecule has 2 aliphatic heterocycles. The molecule has 2 fully saturated rings. The maximum atomic E-state index is 12.3. The van der Waals surface area contributed by atoms with Gasteiger partial charge >= 0.3 is 0 Å². The second-order valence-electron chi connectivity index (χ2n) is 6.47. The van der Waals surface area contributed by atoms with E-state index in [1.807, 2.05) is 18.2 Å². The number of likely N-dealkylation sites (tertiary alicyclic amines) is 1. The molecule has 1 amide bonds. The number of carbonyl (C=O) groups excluding carboxylic acids is 1. The van der Waals surface area contributed by atoms with Gasteiger partial charge in [-0.15, -0.1) is 0 Å². The number of hydrogen-bond acceptors (Lipinski definition) is 4. The predicted octanol–water partition coefficient (Wildman–Crippen LogP) is 1.93. The maximum Gasteiger partial charge on any atom is 0.234 e. The van der Waals surface area contributed by atoms with E-state index in [0.29, 0.717) is 26.3 Å². The Labute approximate surface area is 148 Å². The summed E-state index contributed by atoms with van der Waals surface area (Å²) < 4.78 is 5.32. The van der Waals surface area contributed by atoms with Crippen molar-refractivity contribution in [3.63, 3.8) is 0 Å². The lowest BCUT2D eigenvalue weighted by Gasteiger charge is -2.30. The van der Waals surface area contributed by atoms with Crippen molar-refractivity contribution in [1.29, 1.82) is 0 Å². The molecule has 0 radical (unpaired) electrons. The molecule has 2 saturated heterocycles. The summed E-state index contributed by atoms with van der Waals surface area (Å²) in [4.78, 5) is 16.9. The molecule has 1 unspecified atom stereocenters. The van der Waals surface area contributed by atoms with E-state index in [0.717, 1.165) is 36.8 Å². The highest BCUT2D eigenvalue weighted by Gasteiger charge is 2.25. The molecule has 0 saturated carbocycles. The molecule has 0 spiro atoms. The van der Waals surface area contributed by atoms with Crippen LogP contribution in [-0.2, 0) is 9.53 Å². The van der Waals surface area contributed by atoms with Crippen LogP contribution in [0.3, 0.4) is 0 Å². The number of nitrogens with zero attached hydrogens (tertiary/aromatic N) is 2. The molecular weight excluding hydrogens is 326 g/mol. The molecule has 0 aromatic heterocycles. The van der Waals surface area contributed by atoms with Gasteiger partial charge in [0.15, 0.2) is 0 Å². The molecule has 2 aliphatic rings. The number of carbonyl (C=O) groups is 1. The Morgan fingerprint density at radius 3 is 2.58 bits per heavy atom. The Hall–Kier alpha value is -1.14. The number of morpholine rings is 1. The second-order valence-corrected chi connectivity index (χ2v) is 6.88. The molecule has 2 heterocycles. The van der Waals surface area contributed by atoms with Crippen LogP contribution in [0.4, 0.5) is 0 Å². The Kier molecular flexibility index (Phi) is 6.49. The van der Waals surface area contributed by atoms with Crippen LogP contribution in [-0.4, -0.2) is 68.2 Å². The Bertz CT molecular complexity index is 543. The summed E-state index contributed by atoms with van der Waals surface area (Å²) in [6.45, 7) is 6.25. The van der Waals surface area contributed by atoms with Crippen molar-refractivity contribution in [2.45, 2.75) is 18.9 Å². The summed E-state index contributed by atoms with van der Waals surface area (Å²) >= 11 is 6.41. The van der Waals surface area contributed by atoms with Gasteiger partial charge in [-0.25, -0.2) is 0 Å². The van der Waals surface area contributed by atoms with Gasteiger partial charge in [-0.3, -0.25) is 14.6 Å². The van der Waals surface area contributed by atoms with Crippen molar-refractivity contribution in [2.75, 3.05) is 52.5 Å². The summed E-state index contributed by atoms with van der Waals surface area (Å²) in [5.41, 5.74) is 1.10. The van der Waals surface area contributed by atoms with Crippen molar-refractivity contribution in [3.05, 3.63) is 34.9 Å². The van der Waals surface area contributed by atoms with Crippen molar-refractivity contribution in [3.8, 4) is 0 Å². The number of nitrogens with one attached hydrogen (secondary N) is 1. The zero-order valence-corrected chi connectivity index (χ0v) is 14.8. The summed E-state index contributed by atoms with van der Waals surface area (Å²) in [5.74, 6) is 0.0770. The highest BCUT2D eigenvalue weighted by Crippen LogP contribution is 2.29. The average molecular weight is 352 g/mol. The molecule has 24 heavy (non-hydrogen) atoms. The van der Waals surface area contributed by atoms with E-state index < -0.39 is 0 Å². The number of halogens is 1. The van der Waals surface area contributed by atoms with Gasteiger partial charge in [0.2, 0.25) is 5.91 Å². The summed E-state index contributed by atoms with van der Waals surface area (Å²) in [7, 11) is 0. The van der Waals surface area contributed by atoms with E-state index >= 15 is 0 Å². The SMILES string of the molecule is O=C(CN1CCOCC1)NCC(c1ccccc1Cl)N1CCCC1. The topological polar surface area (TPSA) is 44.8 Å². The van der Waals surface area contributed by atoms with Crippen LogP contribution >= 0.6 is 11.6 Å². The highest BCUT2D eigenvalue weighted by atomic mass is 35.5. The third kappa shape index (κ3) is 4.70. The molecule has 3 rings (SSSR count). The molecular formula is C18H26ClN3O2. The first-order chi connectivity index (χ1) is 11.7. The van der Waals surface area contributed by atoms with Gasteiger partial charge in [-0.1, -0.05) is 29.8 Å². The lowest BCUT2D eigenvalue weighted by Crippen LogP contribution is -2.45. The number of amides is 1. The average Bonchev–Trinajstić information content (AvgIpc) is 3.12. The minimum atomic E-state index is 0.0770. The normalized spacial score (nSPS) is 20.9. The number of benzene rings is 1. The van der Waals surface area contributed by atoms with Crippen LogP contribution in [0.2, 0.25) is 5.02 Å². The molecule has 0 bridgehead atoms. The van der Waals surface area contributed by atoms with Crippen molar-refractivity contribution in [2.24, 2.45) is 0 Å². The van der Waals surface area contributed by atoms with Gasteiger partial charge < -0.3 is 10.1 Å². The zero-order chi connectivity index (χ0) is 16.8. The minimum absolute atomic E-state index is 0.0770. The standard InChI is InChI=1S/C18H26ClN3O2/c19-16-6-2-1-5-15(16)17(22-7-3-4-8-22)13-20-18(23)14-21-9-11-24-12-10-21/h1-2,5-6,17H,3-4,7-14H2,(H,20,23). The Balaban J connectivity index is 1.59. The van der Waals surface area contributed by atoms with E-state index in [2.05, 4.69) is 21.2 Å². The van der Waals surface area contributed by atoms with Crippen LogP contribution in [0.1, 0.15) is 24.4 Å². The van der Waals surface area contributed by atoms with Crippen molar-refractivity contribution in [1.82, 2.24) is 15.1 Å². The van der Waals surface area contributed by atoms with Gasteiger partial charge in [0, 0.05) is 24.7 Å². The fourth-order valence-electron chi connectivity index (χ4n) is 3.46. The summed E-state index contributed by atoms with van der Waals surface area (Å²) in [6.07, 6.45) is 2.42. The zero-order valence-electron chi connectivity index (χ0n) is 14.0. The Morgan fingerprint density at radius 2 is 1.88 bits per heavy atom. The lowest BCUT2D eigenvalue weighted by atomic mass is 10.1. The van der Waals surface area contributed by atoms with Crippen LogP contribution in [0.5, 0.6) is 0 Å². The monoisotopic (exact) mass is 351 g/mol. The van der Waals surface area contributed by atoms with Crippen LogP contribution in [0.15, 0.2) is 24.3 Å². The summed E-state index contributed by atoms with van der Waals surface area (Å²) in [6, 6.07) is 8.11. The first-order valence-electron chi connectivity index (χ1n) is 8.79. The number of hydrogen-bond donors (Lipinski definition) is 1. The number of rotatable bonds is 6. The van der Waals surface area contributed by atoms with Gasteiger partial charge in [-0.2, -0.15) is 0 Å².